The maximum absolute atomic E-state index is 13.2. The minimum Gasteiger partial charge on any atom is -0.481 e. The van der Waals surface area contributed by atoms with Crippen LogP contribution < -0.4 is 0 Å². The summed E-state index contributed by atoms with van der Waals surface area (Å²) in [6.45, 7) is -0.721. The van der Waals surface area contributed by atoms with Gasteiger partial charge in [0.25, 0.3) is 5.91 Å². The molecule has 1 saturated heterocycles. The number of carbonyl (C=O) groups excluding carboxylic acids is 1. The predicted octanol–water partition coefficient (Wildman–Crippen LogP) is 3.98. The van der Waals surface area contributed by atoms with Gasteiger partial charge in [-0.05, 0) is 47.2 Å². The zero-order valence-electron chi connectivity index (χ0n) is 14.9. The number of amides is 1. The van der Waals surface area contributed by atoms with Crippen LogP contribution in [0, 0.1) is 11.8 Å². The number of hydrogen-bond acceptors (Lipinski definition) is 2. The third-order valence-corrected chi connectivity index (χ3v) is 5.59. The monoisotopic (exact) mass is 389 g/mol. The molecule has 1 N–H and O–H groups in total. The molecule has 2 aliphatic rings. The Morgan fingerprint density at radius 1 is 1.00 bits per heavy atom. The zero-order valence-corrected chi connectivity index (χ0v) is 14.9. The lowest BCUT2D eigenvalue weighted by Crippen LogP contribution is -2.49. The molecule has 1 fully saturated rings. The van der Waals surface area contributed by atoms with Crippen LogP contribution in [0.25, 0.3) is 11.1 Å². The number of fused-ring (bicyclic) bond motifs is 3. The van der Waals surface area contributed by atoms with Gasteiger partial charge in [-0.1, -0.05) is 30.3 Å². The Hall–Kier alpha value is -2.83. The van der Waals surface area contributed by atoms with E-state index in [9.17, 15) is 27.9 Å². The number of hydrogen-bond donors (Lipinski definition) is 1. The van der Waals surface area contributed by atoms with E-state index in [0.717, 1.165) is 27.2 Å². The van der Waals surface area contributed by atoms with Crippen LogP contribution in [0.4, 0.5) is 13.2 Å². The highest BCUT2D eigenvalue weighted by Gasteiger charge is 2.47. The second-order valence-electron chi connectivity index (χ2n) is 7.43. The van der Waals surface area contributed by atoms with Crippen molar-refractivity contribution in [2.75, 3.05) is 13.1 Å². The predicted molar refractivity (Wildman–Crippen MR) is 95.9 cm³/mol. The molecule has 0 aromatic heterocycles. The first kappa shape index (κ1) is 18.5. The standard InChI is InChI=1S/C21H18F3NO3/c22-21(23,24)16-9-15(20(27)28)10-25(11-16)19(26)13-5-6-18-14(8-13)7-12-3-1-2-4-17(12)18/h1-6,8,15-16H,7,9-11H2,(H,27,28)/t15-,16+/m1/s1. The Bertz CT molecular complexity index is 954. The Balaban J connectivity index is 1.60. The highest BCUT2D eigenvalue weighted by atomic mass is 19.4. The van der Waals surface area contributed by atoms with Crippen LogP contribution in [0.15, 0.2) is 42.5 Å². The smallest absolute Gasteiger partial charge is 0.393 e. The van der Waals surface area contributed by atoms with Gasteiger partial charge in [0.15, 0.2) is 0 Å². The zero-order chi connectivity index (χ0) is 20.1. The summed E-state index contributed by atoms with van der Waals surface area (Å²) in [5, 5.41) is 9.21. The van der Waals surface area contributed by atoms with E-state index in [4.69, 9.17) is 0 Å². The van der Waals surface area contributed by atoms with Gasteiger partial charge < -0.3 is 10.0 Å². The van der Waals surface area contributed by atoms with Crippen molar-refractivity contribution in [1.29, 1.82) is 0 Å². The molecule has 4 rings (SSSR count). The number of carbonyl (C=O) groups is 2. The fraction of sp³-hybridized carbons (Fsp3) is 0.333. The Morgan fingerprint density at radius 2 is 1.71 bits per heavy atom. The molecule has 2 aromatic rings. The summed E-state index contributed by atoms with van der Waals surface area (Å²) in [6, 6.07) is 13.0. The van der Waals surface area contributed by atoms with Crippen LogP contribution >= 0.6 is 0 Å². The number of nitrogens with zero attached hydrogens (tertiary/aromatic N) is 1. The maximum atomic E-state index is 13.2. The first-order valence-corrected chi connectivity index (χ1v) is 9.04. The van der Waals surface area contributed by atoms with E-state index in [1.54, 1.807) is 12.1 Å². The number of alkyl halides is 3. The van der Waals surface area contributed by atoms with E-state index in [1.807, 2.05) is 30.3 Å². The van der Waals surface area contributed by atoms with E-state index in [1.165, 1.54) is 0 Å². The first-order valence-electron chi connectivity index (χ1n) is 9.04. The molecule has 2 atom stereocenters. The third kappa shape index (κ3) is 3.25. The summed E-state index contributed by atoms with van der Waals surface area (Å²) in [7, 11) is 0. The van der Waals surface area contributed by atoms with Gasteiger partial charge in [-0.25, -0.2) is 0 Å². The minimum absolute atomic E-state index is 0.210. The molecule has 0 radical (unpaired) electrons. The van der Waals surface area contributed by atoms with E-state index in [-0.39, 0.29) is 6.54 Å². The molecule has 7 heteroatoms. The van der Waals surface area contributed by atoms with Crippen LogP contribution in [0.1, 0.15) is 27.9 Å². The molecule has 146 valence electrons. The average molecular weight is 389 g/mol. The molecule has 2 aromatic carbocycles. The van der Waals surface area contributed by atoms with E-state index >= 15 is 0 Å². The molecule has 0 bridgehead atoms. The summed E-state index contributed by atoms with van der Waals surface area (Å²) in [5.74, 6) is -4.91. The molecule has 1 aliphatic carbocycles. The maximum Gasteiger partial charge on any atom is 0.393 e. The average Bonchev–Trinajstić information content (AvgIpc) is 3.04. The minimum atomic E-state index is -4.54. The highest BCUT2D eigenvalue weighted by Crippen LogP contribution is 2.38. The van der Waals surface area contributed by atoms with Crippen molar-refractivity contribution in [2.24, 2.45) is 11.8 Å². The third-order valence-electron chi connectivity index (χ3n) is 5.59. The fourth-order valence-corrected chi connectivity index (χ4v) is 4.14. The van der Waals surface area contributed by atoms with Crippen molar-refractivity contribution >= 4 is 11.9 Å². The van der Waals surface area contributed by atoms with Crippen LogP contribution in [-0.2, 0) is 11.2 Å². The van der Waals surface area contributed by atoms with Gasteiger partial charge in [0.05, 0.1) is 11.8 Å². The topological polar surface area (TPSA) is 57.6 Å². The molecule has 1 heterocycles. The molecule has 1 aliphatic heterocycles. The van der Waals surface area contributed by atoms with Gasteiger partial charge in [-0.2, -0.15) is 13.2 Å². The molecular weight excluding hydrogens is 371 g/mol. The van der Waals surface area contributed by atoms with Gasteiger partial charge in [-0.3, -0.25) is 9.59 Å². The lowest BCUT2D eigenvalue weighted by atomic mass is 9.88. The van der Waals surface area contributed by atoms with Gasteiger partial charge in [0, 0.05) is 18.7 Å². The van der Waals surface area contributed by atoms with Crippen LogP contribution in [-0.4, -0.2) is 41.1 Å². The molecule has 28 heavy (non-hydrogen) atoms. The second-order valence-corrected chi connectivity index (χ2v) is 7.43. The largest absolute Gasteiger partial charge is 0.481 e. The Kier molecular flexibility index (Phi) is 4.40. The van der Waals surface area contributed by atoms with Crippen LogP contribution in [0.5, 0.6) is 0 Å². The van der Waals surface area contributed by atoms with Crippen molar-refractivity contribution in [2.45, 2.75) is 19.0 Å². The van der Waals surface area contributed by atoms with Crippen molar-refractivity contribution in [3.05, 3.63) is 59.2 Å². The van der Waals surface area contributed by atoms with Gasteiger partial charge in [0.2, 0.25) is 0 Å². The van der Waals surface area contributed by atoms with Crippen LogP contribution in [0.2, 0.25) is 0 Å². The van der Waals surface area contributed by atoms with E-state index in [2.05, 4.69) is 0 Å². The lowest BCUT2D eigenvalue weighted by Gasteiger charge is -2.37. The second kappa shape index (κ2) is 6.65. The van der Waals surface area contributed by atoms with Gasteiger partial charge >= 0.3 is 12.1 Å². The Labute approximate surface area is 159 Å². The number of carboxylic acids is 1. The quantitative estimate of drug-likeness (QED) is 0.721. The van der Waals surface area contributed by atoms with Gasteiger partial charge in [0.1, 0.15) is 0 Å². The summed E-state index contributed by atoms with van der Waals surface area (Å²) in [4.78, 5) is 25.2. The van der Waals surface area contributed by atoms with Crippen molar-refractivity contribution in [1.82, 2.24) is 4.90 Å². The molecule has 1 amide bonds. The number of likely N-dealkylation sites (tertiary alicyclic amines) is 1. The molecule has 0 saturated carbocycles. The summed E-state index contributed by atoms with van der Waals surface area (Å²) in [6.07, 6.45) is -4.37. The van der Waals surface area contributed by atoms with E-state index < -0.39 is 42.9 Å². The number of rotatable bonds is 2. The Morgan fingerprint density at radius 3 is 2.43 bits per heavy atom. The van der Waals surface area contributed by atoms with Crippen molar-refractivity contribution in [3.8, 4) is 11.1 Å². The van der Waals surface area contributed by atoms with Crippen molar-refractivity contribution in [3.63, 3.8) is 0 Å². The summed E-state index contributed by atoms with van der Waals surface area (Å²) in [5.41, 5.74) is 4.49. The lowest BCUT2D eigenvalue weighted by molar-refractivity contribution is -0.191. The van der Waals surface area contributed by atoms with Crippen molar-refractivity contribution < 1.29 is 27.9 Å². The number of carboxylic acid groups (broad SMARTS) is 1. The molecule has 4 nitrogen and oxygen atoms in total. The number of benzene rings is 2. The normalized spacial score (nSPS) is 21.2. The SMILES string of the molecule is O=C(O)[C@@H]1C[C@H](C(F)(F)F)CN(C(=O)c2ccc3c(c2)Cc2ccccc2-3)C1. The summed E-state index contributed by atoms with van der Waals surface area (Å²) >= 11 is 0. The molecule has 0 unspecified atom stereocenters. The number of halogens is 3. The fourth-order valence-electron chi connectivity index (χ4n) is 4.14. The molecular formula is C21H18F3NO3. The first-order chi connectivity index (χ1) is 13.2. The highest BCUT2D eigenvalue weighted by molar-refractivity contribution is 5.96. The number of piperidine rings is 1. The van der Waals surface area contributed by atoms with Crippen LogP contribution in [0.3, 0.4) is 0 Å². The number of aliphatic carboxylic acids is 1. The van der Waals surface area contributed by atoms with E-state index in [0.29, 0.717) is 12.0 Å². The van der Waals surface area contributed by atoms with Gasteiger partial charge in [-0.15, -0.1) is 0 Å². The molecule has 0 spiro atoms. The summed E-state index contributed by atoms with van der Waals surface area (Å²) < 4.78 is 39.7.